The molecule has 1 aromatic rings. The van der Waals surface area contributed by atoms with Crippen molar-refractivity contribution in [1.29, 1.82) is 0 Å². The summed E-state index contributed by atoms with van der Waals surface area (Å²) in [4.78, 5) is 18.3. The van der Waals surface area contributed by atoms with Crippen LogP contribution < -0.4 is 4.90 Å². The van der Waals surface area contributed by atoms with Crippen molar-refractivity contribution in [2.24, 2.45) is 5.16 Å². The van der Waals surface area contributed by atoms with Gasteiger partial charge in [0.15, 0.2) is 5.71 Å². The first-order valence-electron chi connectivity index (χ1n) is 6.46. The molecule has 0 spiro atoms. The minimum absolute atomic E-state index is 0.546. The quantitative estimate of drug-likeness (QED) is 0.608. The van der Waals surface area contributed by atoms with Gasteiger partial charge in [-0.1, -0.05) is 5.16 Å². The summed E-state index contributed by atoms with van der Waals surface area (Å²) in [5.41, 5.74) is -1.82. The number of hydrogen-bond acceptors (Lipinski definition) is 6. The fourth-order valence-corrected chi connectivity index (χ4v) is 4.03. The van der Waals surface area contributed by atoms with Crippen LogP contribution in [-0.2, 0) is 9.63 Å². The summed E-state index contributed by atoms with van der Waals surface area (Å²) in [5, 5.41) is 3.82. The van der Waals surface area contributed by atoms with Gasteiger partial charge in [0.2, 0.25) is 0 Å². The predicted molar refractivity (Wildman–Crippen MR) is 81.4 cm³/mol. The molecule has 0 saturated carbocycles. The summed E-state index contributed by atoms with van der Waals surface area (Å²) < 4.78 is 38.3. The zero-order chi connectivity index (χ0) is 15.7. The van der Waals surface area contributed by atoms with Gasteiger partial charge < -0.3 is 9.74 Å². The maximum Gasteiger partial charge on any atom is 0.437 e. The van der Waals surface area contributed by atoms with E-state index in [1.54, 1.807) is 6.07 Å². The van der Waals surface area contributed by atoms with Crippen molar-refractivity contribution in [1.82, 2.24) is 0 Å². The molecule has 1 saturated heterocycles. The topological polar surface area (TPSA) is 41.9 Å². The van der Waals surface area contributed by atoms with Crippen LogP contribution in [0.2, 0.25) is 0 Å². The lowest BCUT2D eigenvalue weighted by Crippen LogP contribution is -2.31. The van der Waals surface area contributed by atoms with E-state index in [9.17, 15) is 18.0 Å². The Morgan fingerprint density at radius 2 is 2.00 bits per heavy atom. The Hall–Kier alpha value is -1.48. The first-order chi connectivity index (χ1) is 10.4. The molecule has 0 radical (unpaired) electrons. The van der Waals surface area contributed by atoms with Gasteiger partial charge in [0.05, 0.1) is 10.6 Å². The number of carbonyl (C=O) groups excluding carboxylic acids is 1. The molecule has 0 bridgehead atoms. The van der Waals surface area contributed by atoms with E-state index in [0.29, 0.717) is 4.88 Å². The van der Waals surface area contributed by atoms with Gasteiger partial charge in [0.1, 0.15) is 0 Å². The lowest BCUT2D eigenvalue weighted by Gasteiger charge is -2.26. The van der Waals surface area contributed by atoms with E-state index in [0.717, 1.165) is 29.6 Å². The molecule has 2 aliphatic rings. The molecule has 1 aromatic heterocycles. The maximum atomic E-state index is 12.8. The summed E-state index contributed by atoms with van der Waals surface area (Å²) in [5.74, 6) is 0.994. The summed E-state index contributed by atoms with van der Waals surface area (Å²) in [7, 11) is 0. The van der Waals surface area contributed by atoms with Crippen LogP contribution in [0.15, 0.2) is 22.9 Å². The SMILES string of the molecule is O=C1ON=C(C(F)(F)F)/C1=C/c1ccc(N2CCSCC2)s1. The van der Waals surface area contributed by atoms with Gasteiger partial charge in [-0.25, -0.2) is 4.79 Å². The van der Waals surface area contributed by atoms with Gasteiger partial charge in [-0.15, -0.1) is 11.3 Å². The Labute approximate surface area is 132 Å². The van der Waals surface area contributed by atoms with Gasteiger partial charge in [0.25, 0.3) is 0 Å². The average Bonchev–Trinajstić information content (AvgIpc) is 3.08. The number of oxime groups is 1. The number of nitrogens with zero attached hydrogens (tertiary/aromatic N) is 2. The molecular formula is C13H11F3N2O2S2. The Bertz CT molecular complexity index is 646. The second-order valence-corrected chi connectivity index (χ2v) is 6.97. The minimum atomic E-state index is -4.71. The molecule has 118 valence electrons. The number of anilines is 1. The average molecular weight is 348 g/mol. The van der Waals surface area contributed by atoms with Crippen LogP contribution in [0.1, 0.15) is 4.88 Å². The third kappa shape index (κ3) is 3.14. The Morgan fingerprint density at radius 1 is 1.27 bits per heavy atom. The van der Waals surface area contributed by atoms with Crippen molar-refractivity contribution in [3.8, 4) is 0 Å². The van der Waals surface area contributed by atoms with E-state index >= 15 is 0 Å². The van der Waals surface area contributed by atoms with Crippen molar-refractivity contribution >= 4 is 45.9 Å². The first-order valence-corrected chi connectivity index (χ1v) is 8.43. The zero-order valence-corrected chi connectivity index (χ0v) is 12.9. The molecule has 22 heavy (non-hydrogen) atoms. The van der Waals surface area contributed by atoms with Crippen LogP contribution in [0.25, 0.3) is 6.08 Å². The maximum absolute atomic E-state index is 12.8. The van der Waals surface area contributed by atoms with Crippen molar-refractivity contribution in [3.63, 3.8) is 0 Å². The third-order valence-electron chi connectivity index (χ3n) is 3.19. The lowest BCUT2D eigenvalue weighted by atomic mass is 10.1. The largest absolute Gasteiger partial charge is 0.437 e. The summed E-state index contributed by atoms with van der Waals surface area (Å²) >= 11 is 3.23. The van der Waals surface area contributed by atoms with Crippen molar-refractivity contribution < 1.29 is 22.8 Å². The van der Waals surface area contributed by atoms with Crippen LogP contribution in [0, 0.1) is 0 Å². The molecule has 0 atom stereocenters. The zero-order valence-electron chi connectivity index (χ0n) is 11.2. The van der Waals surface area contributed by atoms with E-state index in [2.05, 4.69) is 14.9 Å². The number of halogens is 3. The molecule has 0 aliphatic carbocycles. The molecule has 3 heterocycles. The van der Waals surface area contributed by atoms with Gasteiger partial charge in [-0.2, -0.15) is 24.9 Å². The second kappa shape index (κ2) is 5.96. The number of alkyl halides is 3. The van der Waals surface area contributed by atoms with Crippen LogP contribution in [0.4, 0.5) is 18.2 Å². The number of carbonyl (C=O) groups is 1. The number of thiophene rings is 1. The highest BCUT2D eigenvalue weighted by Gasteiger charge is 2.45. The molecule has 4 nitrogen and oxygen atoms in total. The normalized spacial score (nSPS) is 21.2. The van der Waals surface area contributed by atoms with Crippen molar-refractivity contribution in [2.75, 3.05) is 29.5 Å². The highest BCUT2D eigenvalue weighted by molar-refractivity contribution is 7.99. The van der Waals surface area contributed by atoms with E-state index < -0.39 is 23.4 Å². The van der Waals surface area contributed by atoms with Crippen LogP contribution >= 0.6 is 23.1 Å². The predicted octanol–water partition coefficient (Wildman–Crippen LogP) is 3.16. The number of rotatable bonds is 2. The fraction of sp³-hybridized carbons (Fsp3) is 0.385. The van der Waals surface area contributed by atoms with Gasteiger partial charge in [0, 0.05) is 29.5 Å². The first kappa shape index (κ1) is 15.4. The second-order valence-electron chi connectivity index (χ2n) is 4.65. The molecule has 1 fully saturated rings. The Morgan fingerprint density at radius 3 is 2.68 bits per heavy atom. The summed E-state index contributed by atoms with van der Waals surface area (Å²) in [6, 6.07) is 3.56. The highest BCUT2D eigenvalue weighted by atomic mass is 32.2. The Balaban J connectivity index is 1.84. The fourth-order valence-electron chi connectivity index (χ4n) is 2.13. The van der Waals surface area contributed by atoms with Gasteiger partial charge in [-0.05, 0) is 18.2 Å². The van der Waals surface area contributed by atoms with Gasteiger partial charge >= 0.3 is 12.1 Å². The smallest absolute Gasteiger partial charge is 0.362 e. The molecule has 0 amide bonds. The Kier molecular flexibility index (Phi) is 4.18. The minimum Gasteiger partial charge on any atom is -0.362 e. The van der Waals surface area contributed by atoms with E-state index in [-0.39, 0.29) is 0 Å². The van der Waals surface area contributed by atoms with E-state index in [1.807, 2.05) is 17.8 Å². The molecule has 2 aliphatic heterocycles. The van der Waals surface area contributed by atoms with Crippen LogP contribution in [-0.4, -0.2) is 42.5 Å². The van der Waals surface area contributed by atoms with Crippen molar-refractivity contribution in [3.05, 3.63) is 22.6 Å². The lowest BCUT2D eigenvalue weighted by molar-refractivity contribution is -0.136. The summed E-state index contributed by atoms with van der Waals surface area (Å²) in [6.45, 7) is 1.83. The van der Waals surface area contributed by atoms with E-state index in [4.69, 9.17) is 0 Å². The molecule has 0 aromatic carbocycles. The highest BCUT2D eigenvalue weighted by Crippen LogP contribution is 2.32. The molecule has 0 unspecified atom stereocenters. The van der Waals surface area contributed by atoms with Crippen LogP contribution in [0.5, 0.6) is 0 Å². The van der Waals surface area contributed by atoms with Gasteiger partial charge in [-0.3, -0.25) is 0 Å². The van der Waals surface area contributed by atoms with E-state index in [1.165, 1.54) is 17.4 Å². The standard InChI is InChI=1S/C13H11F3N2O2S2/c14-13(15,16)11-9(12(19)20-17-11)7-8-1-2-10(22-8)18-3-5-21-6-4-18/h1-2,7H,3-6H2/b9-7-. The van der Waals surface area contributed by atoms with Crippen LogP contribution in [0.3, 0.4) is 0 Å². The summed E-state index contributed by atoms with van der Waals surface area (Å²) in [6.07, 6.45) is -3.52. The molecule has 0 N–H and O–H groups in total. The molecule has 3 rings (SSSR count). The van der Waals surface area contributed by atoms with Crippen molar-refractivity contribution in [2.45, 2.75) is 6.18 Å². The monoisotopic (exact) mass is 348 g/mol. The molecular weight excluding hydrogens is 337 g/mol. The number of thioether (sulfide) groups is 1. The molecule has 9 heteroatoms. The number of hydrogen-bond donors (Lipinski definition) is 0. The third-order valence-corrected chi connectivity index (χ3v) is 5.22.